The van der Waals surface area contributed by atoms with Crippen molar-refractivity contribution in [3.05, 3.63) is 59.3 Å². The summed E-state index contributed by atoms with van der Waals surface area (Å²) >= 11 is 0. The summed E-state index contributed by atoms with van der Waals surface area (Å²) in [7, 11) is 1.46. The van der Waals surface area contributed by atoms with Crippen molar-refractivity contribution >= 4 is 17.5 Å². The summed E-state index contributed by atoms with van der Waals surface area (Å²) in [5, 5.41) is 27.8. The Labute approximate surface area is 178 Å². The van der Waals surface area contributed by atoms with E-state index in [4.69, 9.17) is 9.47 Å². The molecule has 2 aromatic carbocycles. The quantitative estimate of drug-likeness (QED) is 0.554. The number of rotatable bonds is 6. The summed E-state index contributed by atoms with van der Waals surface area (Å²) in [6, 6.07) is 11.5. The van der Waals surface area contributed by atoms with Gasteiger partial charge in [0.05, 0.1) is 25.0 Å². The minimum Gasteiger partial charge on any atom is -0.504 e. The first-order valence-corrected chi connectivity index (χ1v) is 9.69. The lowest BCUT2D eigenvalue weighted by molar-refractivity contribution is -0.113. The highest BCUT2D eigenvalue weighted by Crippen LogP contribution is 2.38. The molecule has 4 rings (SSSR count). The molecule has 1 aromatic heterocycles. The number of aromatic hydroxyl groups is 1. The predicted molar refractivity (Wildman–Crippen MR) is 113 cm³/mol. The molecule has 31 heavy (non-hydrogen) atoms. The number of aromatic nitrogens is 4. The number of para-hydroxylation sites is 2. The number of phenols is 1. The second-order valence-electron chi connectivity index (χ2n) is 6.83. The maximum Gasteiger partial charge on any atom is 0.255 e. The minimum atomic E-state index is -0.639. The van der Waals surface area contributed by atoms with E-state index in [0.29, 0.717) is 40.8 Å². The maximum absolute atomic E-state index is 13.4. The van der Waals surface area contributed by atoms with Crippen LogP contribution in [0.2, 0.25) is 0 Å². The number of hydrogen-bond donors (Lipinski definition) is 3. The Morgan fingerprint density at radius 3 is 2.84 bits per heavy atom. The highest BCUT2D eigenvalue weighted by atomic mass is 16.5. The molecule has 1 atom stereocenters. The van der Waals surface area contributed by atoms with Gasteiger partial charge in [-0.25, -0.2) is 0 Å². The van der Waals surface area contributed by atoms with Gasteiger partial charge >= 0.3 is 0 Å². The zero-order valence-corrected chi connectivity index (χ0v) is 17.3. The summed E-state index contributed by atoms with van der Waals surface area (Å²) in [5.41, 5.74) is 2.25. The molecular formula is C21H22N6O4. The molecule has 0 saturated carbocycles. The molecule has 3 N–H and O–H groups in total. The second-order valence-corrected chi connectivity index (χ2v) is 6.83. The van der Waals surface area contributed by atoms with Gasteiger partial charge in [-0.2, -0.15) is 4.68 Å². The SMILES string of the molecule is CCOc1ccccc1NC(=O)C1=C(C)Nc2nnnn2C1c1ccc(O)c(OC)c1. The lowest BCUT2D eigenvalue weighted by Gasteiger charge is -2.28. The van der Waals surface area contributed by atoms with Crippen molar-refractivity contribution in [2.75, 3.05) is 24.4 Å². The van der Waals surface area contributed by atoms with Gasteiger partial charge in [-0.1, -0.05) is 23.3 Å². The average Bonchev–Trinajstić information content (AvgIpc) is 3.22. The Balaban J connectivity index is 1.77. The molecule has 160 valence electrons. The van der Waals surface area contributed by atoms with Crippen LogP contribution < -0.4 is 20.1 Å². The van der Waals surface area contributed by atoms with Crippen LogP contribution in [0.15, 0.2) is 53.7 Å². The number of carbonyl (C=O) groups is 1. The van der Waals surface area contributed by atoms with E-state index in [1.54, 1.807) is 31.2 Å². The van der Waals surface area contributed by atoms with Gasteiger partial charge in [0, 0.05) is 5.70 Å². The number of anilines is 2. The van der Waals surface area contributed by atoms with Crippen LogP contribution in [0.4, 0.5) is 11.6 Å². The van der Waals surface area contributed by atoms with Gasteiger partial charge in [-0.3, -0.25) is 4.79 Å². The number of methoxy groups -OCH3 is 1. The fourth-order valence-corrected chi connectivity index (χ4v) is 3.52. The Bertz CT molecular complexity index is 1160. The van der Waals surface area contributed by atoms with Crippen molar-refractivity contribution in [1.82, 2.24) is 20.2 Å². The number of benzene rings is 2. The van der Waals surface area contributed by atoms with E-state index in [0.717, 1.165) is 0 Å². The molecule has 0 spiro atoms. The molecular weight excluding hydrogens is 400 g/mol. The number of amides is 1. The molecule has 10 nitrogen and oxygen atoms in total. The summed E-state index contributed by atoms with van der Waals surface area (Å²) in [4.78, 5) is 13.4. The van der Waals surface area contributed by atoms with Crippen molar-refractivity contribution < 1.29 is 19.4 Å². The van der Waals surface area contributed by atoms with Crippen LogP contribution in [0.25, 0.3) is 0 Å². The van der Waals surface area contributed by atoms with E-state index in [1.165, 1.54) is 17.9 Å². The number of nitrogens with one attached hydrogen (secondary N) is 2. The van der Waals surface area contributed by atoms with E-state index < -0.39 is 6.04 Å². The molecule has 0 radical (unpaired) electrons. The smallest absolute Gasteiger partial charge is 0.255 e. The van der Waals surface area contributed by atoms with Crippen LogP contribution in [0.5, 0.6) is 17.2 Å². The number of phenolic OH excluding ortho intramolecular Hbond substituents is 1. The largest absolute Gasteiger partial charge is 0.504 e. The standard InChI is InChI=1S/C21H22N6O4/c1-4-31-16-8-6-5-7-14(16)23-20(29)18-12(2)22-21-24-25-26-27(21)19(18)13-9-10-15(28)17(11-13)30-3/h5-11,19,28H,4H2,1-3H3,(H,23,29)(H,22,24,26). The van der Waals surface area contributed by atoms with Crippen molar-refractivity contribution in [3.63, 3.8) is 0 Å². The monoisotopic (exact) mass is 422 g/mol. The number of carbonyl (C=O) groups excluding carboxylic acids is 1. The highest BCUT2D eigenvalue weighted by Gasteiger charge is 2.34. The number of hydrogen-bond acceptors (Lipinski definition) is 8. The Hall–Kier alpha value is -4.08. The van der Waals surface area contributed by atoms with E-state index in [-0.39, 0.29) is 17.4 Å². The topological polar surface area (TPSA) is 123 Å². The third-order valence-corrected chi connectivity index (χ3v) is 4.91. The third kappa shape index (κ3) is 3.75. The predicted octanol–water partition coefficient (Wildman–Crippen LogP) is 2.71. The van der Waals surface area contributed by atoms with Gasteiger partial charge in [0.2, 0.25) is 5.95 Å². The van der Waals surface area contributed by atoms with Crippen LogP contribution in [0, 0.1) is 0 Å². The van der Waals surface area contributed by atoms with Gasteiger partial charge in [0.1, 0.15) is 11.8 Å². The van der Waals surface area contributed by atoms with E-state index >= 15 is 0 Å². The molecule has 0 aliphatic carbocycles. The Morgan fingerprint density at radius 2 is 2.06 bits per heavy atom. The van der Waals surface area contributed by atoms with Crippen molar-refractivity contribution in [3.8, 4) is 17.2 Å². The molecule has 0 fully saturated rings. The van der Waals surface area contributed by atoms with Crippen LogP contribution in [0.1, 0.15) is 25.5 Å². The molecule has 1 amide bonds. The molecule has 1 unspecified atom stereocenters. The number of nitrogens with zero attached hydrogens (tertiary/aromatic N) is 4. The first-order valence-electron chi connectivity index (χ1n) is 9.69. The van der Waals surface area contributed by atoms with E-state index in [9.17, 15) is 9.90 Å². The fraction of sp³-hybridized carbons (Fsp3) is 0.238. The van der Waals surface area contributed by atoms with Gasteiger partial charge < -0.3 is 25.2 Å². The van der Waals surface area contributed by atoms with Gasteiger partial charge in [0.25, 0.3) is 5.91 Å². The fourth-order valence-electron chi connectivity index (χ4n) is 3.52. The molecule has 1 aliphatic rings. The maximum atomic E-state index is 13.4. The Kier molecular flexibility index (Phi) is 5.44. The molecule has 2 heterocycles. The van der Waals surface area contributed by atoms with Crippen molar-refractivity contribution in [2.45, 2.75) is 19.9 Å². The average molecular weight is 422 g/mol. The zero-order chi connectivity index (χ0) is 22.0. The number of allylic oxidation sites excluding steroid dienone is 1. The minimum absolute atomic E-state index is 0.00512. The van der Waals surface area contributed by atoms with Crippen LogP contribution in [-0.4, -0.2) is 44.9 Å². The van der Waals surface area contributed by atoms with Crippen LogP contribution in [0.3, 0.4) is 0 Å². The van der Waals surface area contributed by atoms with Gasteiger partial charge in [-0.15, -0.1) is 0 Å². The molecule has 0 saturated heterocycles. The third-order valence-electron chi connectivity index (χ3n) is 4.91. The van der Waals surface area contributed by atoms with E-state index in [1.807, 2.05) is 19.1 Å². The highest BCUT2D eigenvalue weighted by molar-refractivity contribution is 6.06. The molecule has 1 aliphatic heterocycles. The molecule has 3 aromatic rings. The van der Waals surface area contributed by atoms with Crippen molar-refractivity contribution in [2.24, 2.45) is 0 Å². The van der Waals surface area contributed by atoms with Gasteiger partial charge in [0.15, 0.2) is 11.5 Å². The summed E-state index contributed by atoms with van der Waals surface area (Å²) in [6.07, 6.45) is 0. The molecule has 0 bridgehead atoms. The van der Waals surface area contributed by atoms with Crippen LogP contribution >= 0.6 is 0 Å². The first kappa shape index (κ1) is 20.2. The number of tetrazole rings is 1. The lowest BCUT2D eigenvalue weighted by Crippen LogP contribution is -2.31. The normalized spacial score (nSPS) is 15.1. The van der Waals surface area contributed by atoms with E-state index in [2.05, 4.69) is 26.2 Å². The summed E-state index contributed by atoms with van der Waals surface area (Å²) in [5.74, 6) is 0.918. The zero-order valence-electron chi connectivity index (χ0n) is 17.3. The molecule has 10 heteroatoms. The summed E-state index contributed by atoms with van der Waals surface area (Å²) in [6.45, 7) is 4.13. The first-order chi connectivity index (χ1) is 15.0. The number of fused-ring (bicyclic) bond motifs is 1. The summed E-state index contributed by atoms with van der Waals surface area (Å²) < 4.78 is 12.4. The lowest BCUT2D eigenvalue weighted by atomic mass is 9.94. The second kappa shape index (κ2) is 8.34. The van der Waals surface area contributed by atoms with Crippen molar-refractivity contribution in [1.29, 1.82) is 0 Å². The Morgan fingerprint density at radius 1 is 1.26 bits per heavy atom. The number of ether oxygens (including phenoxy) is 2. The van der Waals surface area contributed by atoms with Crippen LogP contribution in [-0.2, 0) is 4.79 Å². The van der Waals surface area contributed by atoms with Gasteiger partial charge in [-0.05, 0) is 54.1 Å².